The maximum Gasteiger partial charge on any atom is 0.367 e. The number of hydrogen-bond acceptors (Lipinski definition) is 2. The summed E-state index contributed by atoms with van der Waals surface area (Å²) < 4.78 is 1.25. The van der Waals surface area contributed by atoms with Gasteiger partial charge >= 0.3 is 5.96 Å². The summed E-state index contributed by atoms with van der Waals surface area (Å²) in [5.74, 6) is 0.00919. The summed E-state index contributed by atoms with van der Waals surface area (Å²) in [6.45, 7) is 7.29. The van der Waals surface area contributed by atoms with Crippen LogP contribution in [0.4, 0.5) is 0 Å². The number of guanidine groups is 1. The van der Waals surface area contributed by atoms with Crippen LogP contribution < -0.4 is 35.4 Å². The Labute approximate surface area is 101 Å². The molecule has 1 aliphatic rings. The Hall–Kier alpha value is -0.370. The van der Waals surface area contributed by atoms with Crippen LogP contribution in [0.1, 0.15) is 27.7 Å². The van der Waals surface area contributed by atoms with E-state index in [1.165, 1.54) is 4.68 Å². The molecule has 5 nitrogen and oxygen atoms in total. The zero-order valence-corrected chi connectivity index (χ0v) is 11.0. The molecule has 0 aromatic carbocycles. The van der Waals surface area contributed by atoms with Gasteiger partial charge in [0.2, 0.25) is 5.72 Å². The van der Waals surface area contributed by atoms with Crippen molar-refractivity contribution in [2.24, 2.45) is 22.0 Å². The molecule has 1 rings (SSSR count). The fraction of sp³-hybridized carbons (Fsp3) is 0.750. The van der Waals surface area contributed by atoms with Gasteiger partial charge in [-0.1, -0.05) is 0 Å². The number of aliphatic hydroxyl groups is 1. The van der Waals surface area contributed by atoms with Crippen molar-refractivity contribution in [1.29, 1.82) is 0 Å². The van der Waals surface area contributed by atoms with E-state index in [1.807, 2.05) is 20.8 Å². The third kappa shape index (κ3) is 1.60. The molecule has 6 heteroatoms. The number of hydrogen-bond donors (Lipinski definition) is 3. The highest BCUT2D eigenvalue weighted by atomic mass is 127. The van der Waals surface area contributed by atoms with E-state index >= 15 is 0 Å². The van der Waals surface area contributed by atoms with Gasteiger partial charge in [0.05, 0.1) is 11.1 Å². The molecule has 14 heavy (non-hydrogen) atoms. The van der Waals surface area contributed by atoms with Crippen molar-refractivity contribution >= 4 is 11.7 Å². The Morgan fingerprint density at radius 1 is 1.36 bits per heavy atom. The summed E-state index contributed by atoms with van der Waals surface area (Å²) >= 11 is 0. The van der Waals surface area contributed by atoms with E-state index in [0.29, 0.717) is 0 Å². The van der Waals surface area contributed by atoms with E-state index in [1.54, 1.807) is 6.92 Å². The first kappa shape index (κ1) is 13.6. The minimum atomic E-state index is -1.16. The number of halogens is 1. The van der Waals surface area contributed by atoms with Gasteiger partial charge < -0.3 is 29.1 Å². The van der Waals surface area contributed by atoms with E-state index < -0.39 is 11.1 Å². The minimum absolute atomic E-state index is 0. The van der Waals surface area contributed by atoms with Crippen molar-refractivity contribution in [2.45, 2.75) is 33.4 Å². The van der Waals surface area contributed by atoms with Crippen LogP contribution in [0.5, 0.6) is 0 Å². The van der Waals surface area contributed by atoms with Gasteiger partial charge in [-0.2, -0.15) is 0 Å². The Balaban J connectivity index is 0.00000169. The maximum absolute atomic E-state index is 10.2. The van der Waals surface area contributed by atoms with E-state index in [4.69, 9.17) is 11.5 Å². The van der Waals surface area contributed by atoms with E-state index in [9.17, 15) is 5.11 Å². The molecule has 0 amide bonds. The monoisotopic (exact) mass is 312 g/mol. The highest BCUT2D eigenvalue weighted by molar-refractivity contribution is 5.89. The van der Waals surface area contributed by atoms with Gasteiger partial charge in [-0.3, -0.25) is 11.5 Å². The standard InChI is InChI=1S/C8H16N4O.HI/c1-5-7(2,3)8(4,13)12(11-5)6(9)10;/h13H,1-4H3,(H3,9,10);1H. The molecule has 0 spiro atoms. The van der Waals surface area contributed by atoms with E-state index in [2.05, 4.69) is 5.10 Å². The topological polar surface area (TPSA) is 87.6 Å². The summed E-state index contributed by atoms with van der Waals surface area (Å²) in [6, 6.07) is 0. The minimum Gasteiger partial charge on any atom is -1.00 e. The first-order chi connectivity index (χ1) is 5.71. The predicted octanol–water partition coefficient (Wildman–Crippen LogP) is -3.60. The van der Waals surface area contributed by atoms with E-state index in [-0.39, 0.29) is 29.9 Å². The molecule has 1 unspecified atom stereocenters. The molecule has 0 aliphatic carbocycles. The fourth-order valence-electron chi connectivity index (χ4n) is 1.29. The SMILES string of the molecule is CC1=N[N+](=C(N)N)C(C)(O)C1(C)C.[I-]. The highest BCUT2D eigenvalue weighted by Gasteiger charge is 2.53. The van der Waals surface area contributed by atoms with Crippen LogP contribution in [0.25, 0.3) is 0 Å². The van der Waals surface area contributed by atoms with Gasteiger partial charge in [0, 0.05) is 6.92 Å². The zero-order valence-electron chi connectivity index (χ0n) is 8.87. The van der Waals surface area contributed by atoms with Crippen molar-refractivity contribution in [2.75, 3.05) is 0 Å². The molecule has 0 saturated carbocycles. The molecule has 0 bridgehead atoms. The molecule has 1 atom stereocenters. The molecule has 1 heterocycles. The molecule has 5 N–H and O–H groups in total. The lowest BCUT2D eigenvalue weighted by Gasteiger charge is -2.30. The lowest BCUT2D eigenvalue weighted by Crippen LogP contribution is -3.00. The number of rotatable bonds is 0. The van der Waals surface area contributed by atoms with Gasteiger partial charge in [-0.15, -0.1) is 9.79 Å². The first-order valence-electron chi connectivity index (χ1n) is 4.17. The molecule has 0 saturated heterocycles. The van der Waals surface area contributed by atoms with Gasteiger partial charge in [0.25, 0.3) is 0 Å². The van der Waals surface area contributed by atoms with Gasteiger partial charge in [0.1, 0.15) is 0 Å². The molecule has 1 aliphatic heterocycles. The van der Waals surface area contributed by atoms with Crippen molar-refractivity contribution in [3.63, 3.8) is 0 Å². The first-order valence-corrected chi connectivity index (χ1v) is 4.17. The average Bonchev–Trinajstić information content (AvgIpc) is 2.10. The second-order valence-corrected chi connectivity index (χ2v) is 4.07. The Morgan fingerprint density at radius 3 is 1.93 bits per heavy atom. The molecule has 0 fully saturated rings. The third-order valence-corrected chi connectivity index (χ3v) is 3.00. The largest absolute Gasteiger partial charge is 1.00 e. The van der Waals surface area contributed by atoms with Crippen LogP contribution in [0, 0.1) is 5.41 Å². The second-order valence-electron chi connectivity index (χ2n) is 4.07. The Kier molecular flexibility index (Phi) is 3.55. The third-order valence-electron chi connectivity index (χ3n) is 3.00. The van der Waals surface area contributed by atoms with Crippen LogP contribution in [-0.4, -0.2) is 27.2 Å². The number of hydrazone groups is 1. The molecule has 0 radical (unpaired) electrons. The van der Waals surface area contributed by atoms with Gasteiger partial charge in [-0.05, 0) is 20.8 Å². The van der Waals surface area contributed by atoms with Crippen LogP contribution >= 0.6 is 0 Å². The molecule has 82 valence electrons. The highest BCUT2D eigenvalue weighted by Crippen LogP contribution is 2.38. The van der Waals surface area contributed by atoms with Gasteiger partial charge in [-0.25, -0.2) is 0 Å². The number of nitrogens with two attached hydrogens (primary N) is 2. The normalized spacial score (nSPS) is 29.5. The average molecular weight is 312 g/mol. The molecular formula is C8H17IN4O. The molecule has 0 aromatic heterocycles. The lowest BCUT2D eigenvalue weighted by atomic mass is 9.79. The maximum atomic E-state index is 10.2. The summed E-state index contributed by atoms with van der Waals surface area (Å²) in [5, 5.41) is 14.3. The Bertz CT molecular complexity index is 302. The smallest absolute Gasteiger partial charge is 0.367 e. The summed E-state index contributed by atoms with van der Waals surface area (Å²) in [4.78, 5) is 0. The van der Waals surface area contributed by atoms with E-state index in [0.717, 1.165) is 5.71 Å². The summed E-state index contributed by atoms with van der Waals surface area (Å²) in [7, 11) is 0. The molecule has 0 aromatic rings. The van der Waals surface area contributed by atoms with Crippen molar-refractivity contribution in [1.82, 2.24) is 0 Å². The van der Waals surface area contributed by atoms with Crippen molar-refractivity contribution in [3.8, 4) is 0 Å². The quantitative estimate of drug-likeness (QED) is 0.245. The fourth-order valence-corrected chi connectivity index (χ4v) is 1.29. The van der Waals surface area contributed by atoms with Crippen molar-refractivity contribution in [3.05, 3.63) is 0 Å². The number of nitrogens with zero attached hydrogens (tertiary/aromatic N) is 2. The van der Waals surface area contributed by atoms with Crippen LogP contribution in [0.2, 0.25) is 0 Å². The zero-order chi connectivity index (χ0) is 10.4. The van der Waals surface area contributed by atoms with Crippen molar-refractivity contribution < 1.29 is 33.8 Å². The van der Waals surface area contributed by atoms with Crippen LogP contribution in [-0.2, 0) is 0 Å². The van der Waals surface area contributed by atoms with Crippen LogP contribution in [0.15, 0.2) is 5.10 Å². The summed E-state index contributed by atoms with van der Waals surface area (Å²) in [6.07, 6.45) is 0. The molecular weight excluding hydrogens is 295 g/mol. The Morgan fingerprint density at radius 2 is 1.79 bits per heavy atom. The summed E-state index contributed by atoms with van der Waals surface area (Å²) in [5.41, 5.74) is 10.0. The predicted molar refractivity (Wildman–Crippen MR) is 51.2 cm³/mol. The second kappa shape index (κ2) is 3.65. The van der Waals surface area contributed by atoms with Crippen LogP contribution in [0.3, 0.4) is 0 Å². The lowest BCUT2D eigenvalue weighted by molar-refractivity contribution is -0.662. The van der Waals surface area contributed by atoms with Gasteiger partial charge in [0.15, 0.2) is 0 Å².